The molecule has 0 bridgehead atoms. The van der Waals surface area contributed by atoms with Gasteiger partial charge in [0, 0.05) is 19.7 Å². The van der Waals surface area contributed by atoms with Crippen LogP contribution in [0.3, 0.4) is 0 Å². The van der Waals surface area contributed by atoms with E-state index in [0.717, 1.165) is 25.0 Å². The molecule has 1 N–H and O–H groups in total. The summed E-state index contributed by atoms with van der Waals surface area (Å²) >= 11 is 6.25. The van der Waals surface area contributed by atoms with E-state index in [9.17, 15) is 13.2 Å². The average Bonchev–Trinajstić information content (AvgIpc) is 3.41. The number of benzene rings is 2. The maximum atomic E-state index is 13.1. The Morgan fingerprint density at radius 3 is 2.87 bits per heavy atom. The lowest BCUT2D eigenvalue weighted by Crippen LogP contribution is -2.35. The summed E-state index contributed by atoms with van der Waals surface area (Å²) in [5.74, 6) is -0.0309. The predicted octanol–water partition coefficient (Wildman–Crippen LogP) is 2.77. The number of ether oxygens (including phenoxy) is 2. The summed E-state index contributed by atoms with van der Waals surface area (Å²) < 4.78 is 38.5. The van der Waals surface area contributed by atoms with Crippen molar-refractivity contribution in [2.24, 2.45) is 0 Å². The zero-order valence-electron chi connectivity index (χ0n) is 16.3. The monoisotopic (exact) mass is 450 g/mol. The van der Waals surface area contributed by atoms with E-state index < -0.39 is 10.0 Å². The lowest BCUT2D eigenvalue weighted by molar-refractivity contribution is -0.123. The third-order valence-electron chi connectivity index (χ3n) is 5.25. The van der Waals surface area contributed by atoms with Crippen LogP contribution in [0.15, 0.2) is 47.4 Å². The first-order valence-corrected chi connectivity index (χ1v) is 11.7. The third kappa shape index (κ3) is 4.40. The smallest absolute Gasteiger partial charge is 0.264 e. The van der Waals surface area contributed by atoms with Gasteiger partial charge in [0.1, 0.15) is 5.75 Å². The Labute approximate surface area is 181 Å². The van der Waals surface area contributed by atoms with Crippen molar-refractivity contribution in [3.05, 3.63) is 53.1 Å². The quantitative estimate of drug-likeness (QED) is 0.701. The topological polar surface area (TPSA) is 84.9 Å². The molecule has 1 amide bonds. The lowest BCUT2D eigenvalue weighted by atomic mass is 10.2. The second kappa shape index (κ2) is 8.83. The molecule has 4 rings (SSSR count). The van der Waals surface area contributed by atoms with Crippen molar-refractivity contribution in [3.8, 4) is 5.75 Å². The van der Waals surface area contributed by atoms with Crippen LogP contribution in [0, 0.1) is 0 Å². The van der Waals surface area contributed by atoms with Crippen LogP contribution in [-0.4, -0.2) is 46.7 Å². The molecule has 9 heteroatoms. The highest BCUT2D eigenvalue weighted by atomic mass is 35.5. The number of carbonyl (C=O) groups is 1. The number of fused-ring (bicyclic) bond motifs is 1. The van der Waals surface area contributed by atoms with Crippen LogP contribution in [0.1, 0.15) is 18.4 Å². The van der Waals surface area contributed by atoms with Gasteiger partial charge in [0.2, 0.25) is 0 Å². The van der Waals surface area contributed by atoms with Gasteiger partial charge in [-0.05, 0) is 49.1 Å². The van der Waals surface area contributed by atoms with Gasteiger partial charge in [0.05, 0.1) is 21.7 Å². The van der Waals surface area contributed by atoms with Crippen LogP contribution in [-0.2, 0) is 26.0 Å². The SMILES string of the molecule is O=C(COc1ccc(S(=O)(=O)N2CCc3ccccc32)cc1Cl)NC[C@H]1CCCO1. The Kier molecular flexibility index (Phi) is 6.17. The lowest BCUT2D eigenvalue weighted by Gasteiger charge is -2.20. The Bertz CT molecular complexity index is 1040. The van der Waals surface area contributed by atoms with E-state index >= 15 is 0 Å². The Balaban J connectivity index is 1.40. The summed E-state index contributed by atoms with van der Waals surface area (Å²) in [6.07, 6.45) is 2.67. The van der Waals surface area contributed by atoms with Crippen molar-refractivity contribution in [1.82, 2.24) is 5.32 Å². The molecule has 2 aromatic rings. The minimum Gasteiger partial charge on any atom is -0.482 e. The fourth-order valence-corrected chi connectivity index (χ4v) is 5.50. The number of amides is 1. The van der Waals surface area contributed by atoms with E-state index in [1.807, 2.05) is 18.2 Å². The highest BCUT2D eigenvalue weighted by Crippen LogP contribution is 2.35. The number of nitrogens with zero attached hydrogens (tertiary/aromatic N) is 1. The summed E-state index contributed by atoms with van der Waals surface area (Å²) in [7, 11) is -3.74. The first-order valence-electron chi connectivity index (χ1n) is 9.86. The third-order valence-corrected chi connectivity index (χ3v) is 7.35. The summed E-state index contributed by atoms with van der Waals surface area (Å²) in [5.41, 5.74) is 1.69. The molecule has 0 spiro atoms. The number of hydrogen-bond acceptors (Lipinski definition) is 5. The molecule has 7 nitrogen and oxygen atoms in total. The molecule has 160 valence electrons. The number of nitrogens with one attached hydrogen (secondary N) is 1. The minimum absolute atomic E-state index is 0.0535. The predicted molar refractivity (Wildman–Crippen MR) is 114 cm³/mol. The molecular formula is C21H23ClN2O5S. The molecule has 1 atom stereocenters. The number of para-hydroxylation sites is 1. The maximum absolute atomic E-state index is 13.1. The second-order valence-corrected chi connectivity index (χ2v) is 9.55. The maximum Gasteiger partial charge on any atom is 0.264 e. The molecule has 0 aromatic heterocycles. The Morgan fingerprint density at radius 1 is 1.27 bits per heavy atom. The van der Waals surface area contributed by atoms with Crippen LogP contribution in [0.4, 0.5) is 5.69 Å². The molecule has 2 aliphatic rings. The molecule has 2 heterocycles. The molecule has 0 unspecified atom stereocenters. The van der Waals surface area contributed by atoms with Crippen LogP contribution in [0.2, 0.25) is 5.02 Å². The van der Waals surface area contributed by atoms with Gasteiger partial charge in [-0.25, -0.2) is 8.42 Å². The Morgan fingerprint density at radius 2 is 2.10 bits per heavy atom. The number of sulfonamides is 1. The average molecular weight is 451 g/mol. The fourth-order valence-electron chi connectivity index (χ4n) is 3.67. The molecule has 2 aromatic carbocycles. The second-order valence-electron chi connectivity index (χ2n) is 7.28. The molecule has 0 saturated carbocycles. The number of carbonyl (C=O) groups excluding carboxylic acids is 1. The van der Waals surface area contributed by atoms with Gasteiger partial charge in [-0.1, -0.05) is 29.8 Å². The normalized spacial score (nSPS) is 18.3. The molecule has 0 radical (unpaired) electrons. The first kappa shape index (κ1) is 21.0. The Hall–Kier alpha value is -2.29. The van der Waals surface area contributed by atoms with Crippen molar-refractivity contribution in [3.63, 3.8) is 0 Å². The number of anilines is 1. The van der Waals surface area contributed by atoms with Crippen LogP contribution in [0.5, 0.6) is 5.75 Å². The van der Waals surface area contributed by atoms with E-state index in [0.29, 0.717) is 25.2 Å². The number of rotatable bonds is 7. The highest BCUT2D eigenvalue weighted by Gasteiger charge is 2.31. The van der Waals surface area contributed by atoms with Crippen molar-refractivity contribution < 1.29 is 22.7 Å². The summed E-state index contributed by atoms with van der Waals surface area (Å²) in [6.45, 7) is 1.36. The zero-order valence-corrected chi connectivity index (χ0v) is 17.9. The largest absolute Gasteiger partial charge is 0.482 e. The highest BCUT2D eigenvalue weighted by molar-refractivity contribution is 7.92. The fraction of sp³-hybridized carbons (Fsp3) is 0.381. The van der Waals surface area contributed by atoms with Crippen molar-refractivity contribution >= 4 is 33.2 Å². The van der Waals surface area contributed by atoms with Gasteiger partial charge >= 0.3 is 0 Å². The van der Waals surface area contributed by atoms with E-state index in [1.165, 1.54) is 22.5 Å². The number of halogens is 1. The zero-order chi connectivity index (χ0) is 21.1. The van der Waals surface area contributed by atoms with Gasteiger partial charge in [0.15, 0.2) is 6.61 Å². The van der Waals surface area contributed by atoms with E-state index in [4.69, 9.17) is 21.1 Å². The van der Waals surface area contributed by atoms with Crippen molar-refractivity contribution in [1.29, 1.82) is 0 Å². The van der Waals surface area contributed by atoms with Gasteiger partial charge in [0.25, 0.3) is 15.9 Å². The van der Waals surface area contributed by atoms with Crippen LogP contribution < -0.4 is 14.4 Å². The van der Waals surface area contributed by atoms with E-state index in [1.54, 1.807) is 6.07 Å². The summed E-state index contributed by atoms with van der Waals surface area (Å²) in [6, 6.07) is 11.7. The van der Waals surface area contributed by atoms with Crippen LogP contribution >= 0.6 is 11.6 Å². The van der Waals surface area contributed by atoms with Gasteiger partial charge in [-0.3, -0.25) is 9.10 Å². The van der Waals surface area contributed by atoms with E-state index in [-0.39, 0.29) is 34.3 Å². The molecule has 2 aliphatic heterocycles. The number of hydrogen-bond donors (Lipinski definition) is 1. The molecular weight excluding hydrogens is 428 g/mol. The van der Waals surface area contributed by atoms with Crippen molar-refractivity contribution in [2.75, 3.05) is 30.6 Å². The summed E-state index contributed by atoms with van der Waals surface area (Å²) in [4.78, 5) is 12.0. The standard InChI is InChI=1S/C21H23ClN2O5S/c22-18-12-17(30(26,27)24-10-9-15-4-1-2-6-19(15)24)7-8-20(18)29-14-21(25)23-13-16-5-3-11-28-16/h1-2,4,6-8,12,16H,3,5,9-11,13-14H2,(H,23,25)/t16-/m1/s1. The van der Waals surface area contributed by atoms with Crippen LogP contribution in [0.25, 0.3) is 0 Å². The molecule has 30 heavy (non-hydrogen) atoms. The first-order chi connectivity index (χ1) is 14.4. The van der Waals surface area contributed by atoms with Crippen molar-refractivity contribution in [2.45, 2.75) is 30.3 Å². The molecule has 0 aliphatic carbocycles. The van der Waals surface area contributed by atoms with Gasteiger partial charge in [-0.15, -0.1) is 0 Å². The minimum atomic E-state index is -3.74. The molecule has 1 saturated heterocycles. The van der Waals surface area contributed by atoms with Gasteiger partial charge in [-0.2, -0.15) is 0 Å². The summed E-state index contributed by atoms with van der Waals surface area (Å²) in [5, 5.41) is 2.90. The van der Waals surface area contributed by atoms with E-state index in [2.05, 4.69) is 5.32 Å². The molecule has 1 fully saturated rings. The van der Waals surface area contributed by atoms with Gasteiger partial charge < -0.3 is 14.8 Å².